The molecule has 0 rings (SSSR count). The van der Waals surface area contributed by atoms with Gasteiger partial charge in [-0.3, -0.25) is 14.4 Å². The number of unbranched alkanes of at least 4 members (excludes halogenated alkanes) is 21. The molecule has 0 radical (unpaired) electrons. The van der Waals surface area contributed by atoms with Crippen LogP contribution in [0, 0.1) is 0 Å². The van der Waals surface area contributed by atoms with E-state index in [0.29, 0.717) is 19.3 Å². The molecule has 0 fully saturated rings. The van der Waals surface area contributed by atoms with Crippen molar-refractivity contribution < 1.29 is 28.6 Å². The predicted molar refractivity (Wildman–Crippen MR) is 297 cm³/mol. The van der Waals surface area contributed by atoms with E-state index in [1.807, 2.05) is 6.08 Å². The van der Waals surface area contributed by atoms with Crippen molar-refractivity contribution in [1.29, 1.82) is 0 Å². The highest BCUT2D eigenvalue weighted by Gasteiger charge is 2.19. The molecule has 0 aliphatic rings. The van der Waals surface area contributed by atoms with Crippen LogP contribution in [0.2, 0.25) is 0 Å². The molecule has 0 saturated heterocycles. The summed E-state index contributed by atoms with van der Waals surface area (Å²) >= 11 is 0. The zero-order valence-electron chi connectivity index (χ0n) is 44.8. The molecule has 0 N–H and O–H groups in total. The molecular formula is C63H104O6. The van der Waals surface area contributed by atoms with Crippen LogP contribution in [-0.2, 0) is 28.6 Å². The van der Waals surface area contributed by atoms with E-state index >= 15 is 0 Å². The fourth-order valence-corrected chi connectivity index (χ4v) is 7.43. The van der Waals surface area contributed by atoms with E-state index < -0.39 is 6.10 Å². The minimum absolute atomic E-state index is 0.127. The number of allylic oxidation sites excluding steroid dienone is 18. The average molecular weight is 958 g/mol. The Morgan fingerprint density at radius 2 is 0.565 bits per heavy atom. The summed E-state index contributed by atoms with van der Waals surface area (Å²) in [5.74, 6) is -1.07. The van der Waals surface area contributed by atoms with Crippen molar-refractivity contribution in [3.05, 3.63) is 109 Å². The third kappa shape index (κ3) is 54.9. The molecule has 0 aromatic carbocycles. The van der Waals surface area contributed by atoms with Crippen LogP contribution >= 0.6 is 0 Å². The Morgan fingerprint density at radius 1 is 0.290 bits per heavy atom. The number of hydrogen-bond donors (Lipinski definition) is 0. The molecule has 6 nitrogen and oxygen atoms in total. The predicted octanol–water partition coefficient (Wildman–Crippen LogP) is 19.1. The number of carbonyl (C=O) groups excluding carboxylic acids is 3. The topological polar surface area (TPSA) is 78.9 Å². The molecule has 0 unspecified atom stereocenters. The number of hydrogen-bond acceptors (Lipinski definition) is 6. The fraction of sp³-hybridized carbons (Fsp3) is 0.667. The quantitative estimate of drug-likeness (QED) is 0.0262. The number of ether oxygens (including phenoxy) is 3. The van der Waals surface area contributed by atoms with Crippen molar-refractivity contribution >= 4 is 17.9 Å². The second-order valence-corrected chi connectivity index (χ2v) is 18.5. The normalized spacial score (nSPS) is 12.9. The summed E-state index contributed by atoms with van der Waals surface area (Å²) in [5.41, 5.74) is 0. The molecule has 392 valence electrons. The Morgan fingerprint density at radius 3 is 0.986 bits per heavy atom. The largest absolute Gasteiger partial charge is 0.462 e. The summed E-state index contributed by atoms with van der Waals surface area (Å²) in [6, 6.07) is 0. The summed E-state index contributed by atoms with van der Waals surface area (Å²) in [4.78, 5) is 38.1. The highest BCUT2D eigenvalue weighted by molar-refractivity contribution is 5.71. The minimum Gasteiger partial charge on any atom is -0.462 e. The van der Waals surface area contributed by atoms with Crippen molar-refractivity contribution in [1.82, 2.24) is 0 Å². The Labute approximate surface area is 425 Å². The molecule has 0 aromatic rings. The van der Waals surface area contributed by atoms with Gasteiger partial charge < -0.3 is 14.2 Å². The van der Waals surface area contributed by atoms with Crippen LogP contribution in [0.4, 0.5) is 0 Å². The van der Waals surface area contributed by atoms with Crippen LogP contribution in [0.1, 0.15) is 252 Å². The van der Waals surface area contributed by atoms with E-state index in [1.165, 1.54) is 122 Å². The van der Waals surface area contributed by atoms with Gasteiger partial charge in [0.25, 0.3) is 0 Å². The zero-order chi connectivity index (χ0) is 50.0. The summed E-state index contributed by atoms with van der Waals surface area (Å²) in [6.45, 7) is 6.48. The number of esters is 3. The van der Waals surface area contributed by atoms with Crippen LogP contribution < -0.4 is 0 Å². The van der Waals surface area contributed by atoms with E-state index in [9.17, 15) is 14.4 Å². The van der Waals surface area contributed by atoms with Gasteiger partial charge >= 0.3 is 17.9 Å². The lowest BCUT2D eigenvalue weighted by atomic mass is 10.1. The third-order valence-electron chi connectivity index (χ3n) is 11.7. The van der Waals surface area contributed by atoms with Gasteiger partial charge in [-0.25, -0.2) is 0 Å². The van der Waals surface area contributed by atoms with Crippen molar-refractivity contribution in [2.24, 2.45) is 0 Å². The van der Waals surface area contributed by atoms with Gasteiger partial charge in [0.1, 0.15) is 13.2 Å². The lowest BCUT2D eigenvalue weighted by Gasteiger charge is -2.18. The first kappa shape index (κ1) is 65.1. The van der Waals surface area contributed by atoms with Gasteiger partial charge in [-0.05, 0) is 116 Å². The summed E-state index contributed by atoms with van der Waals surface area (Å²) < 4.78 is 16.7. The Hall–Kier alpha value is -3.93. The third-order valence-corrected chi connectivity index (χ3v) is 11.7. The van der Waals surface area contributed by atoms with E-state index in [-0.39, 0.29) is 44.0 Å². The van der Waals surface area contributed by atoms with Crippen molar-refractivity contribution in [3.8, 4) is 0 Å². The molecule has 0 aliphatic carbocycles. The molecule has 6 heteroatoms. The van der Waals surface area contributed by atoms with Crippen molar-refractivity contribution in [2.45, 2.75) is 258 Å². The molecule has 0 saturated carbocycles. The second-order valence-electron chi connectivity index (χ2n) is 18.5. The second kappa shape index (κ2) is 56.7. The lowest BCUT2D eigenvalue weighted by Crippen LogP contribution is -2.30. The fourth-order valence-electron chi connectivity index (χ4n) is 7.43. The number of carbonyl (C=O) groups is 3. The smallest absolute Gasteiger partial charge is 0.306 e. The lowest BCUT2D eigenvalue weighted by molar-refractivity contribution is -0.166. The van der Waals surface area contributed by atoms with Gasteiger partial charge in [-0.2, -0.15) is 0 Å². The highest BCUT2D eigenvalue weighted by atomic mass is 16.6. The van der Waals surface area contributed by atoms with E-state index in [2.05, 4.69) is 124 Å². The molecule has 69 heavy (non-hydrogen) atoms. The highest BCUT2D eigenvalue weighted by Crippen LogP contribution is 2.12. The first-order valence-corrected chi connectivity index (χ1v) is 28.4. The Kier molecular flexibility index (Phi) is 53.4. The van der Waals surface area contributed by atoms with Crippen LogP contribution in [0.3, 0.4) is 0 Å². The molecule has 0 bridgehead atoms. The van der Waals surface area contributed by atoms with Crippen molar-refractivity contribution in [2.75, 3.05) is 13.2 Å². The van der Waals surface area contributed by atoms with E-state index in [0.717, 1.165) is 77.0 Å². The first-order chi connectivity index (χ1) is 34.0. The van der Waals surface area contributed by atoms with Crippen LogP contribution in [0.5, 0.6) is 0 Å². The standard InChI is InChI=1S/C63H104O6/c1-4-7-10-13-16-19-22-25-28-30-31-33-35-38-41-44-47-50-53-56-62(65)68-59-60(58-67-61(64)55-52-49-46-43-40-37-34-27-24-21-18-15-12-9-6-3)69-63(66)57-54-51-48-45-42-39-36-32-29-26-23-20-17-14-11-8-5-2/h16,19,25-29,31,33-34,36,38-39,41,45,47-48,50,60H,4-15,17-18,20-24,30,32,35,37,40,42-44,46,49,51-59H2,1-3H3/b19-16-,28-25-,29-26-,33-31-,34-27-,39-36-,41-38-,48-45-,50-47-/t60-/m0/s1. The Balaban J connectivity index is 4.59. The van der Waals surface area contributed by atoms with Crippen LogP contribution in [-0.4, -0.2) is 37.2 Å². The molecule has 0 aliphatic heterocycles. The van der Waals surface area contributed by atoms with E-state index in [4.69, 9.17) is 14.2 Å². The van der Waals surface area contributed by atoms with Crippen LogP contribution in [0.15, 0.2) is 109 Å². The van der Waals surface area contributed by atoms with Gasteiger partial charge in [0.15, 0.2) is 6.10 Å². The molecule has 0 aromatic heterocycles. The van der Waals surface area contributed by atoms with Gasteiger partial charge in [0, 0.05) is 19.3 Å². The maximum atomic E-state index is 12.8. The first-order valence-electron chi connectivity index (χ1n) is 28.4. The molecular weight excluding hydrogens is 853 g/mol. The maximum absolute atomic E-state index is 12.8. The summed E-state index contributed by atoms with van der Waals surface area (Å²) in [6.07, 6.45) is 76.6. The Bertz CT molecular complexity index is 1420. The van der Waals surface area contributed by atoms with Crippen LogP contribution in [0.25, 0.3) is 0 Å². The summed E-state index contributed by atoms with van der Waals surface area (Å²) in [5, 5.41) is 0. The summed E-state index contributed by atoms with van der Waals surface area (Å²) in [7, 11) is 0. The molecule has 0 amide bonds. The minimum atomic E-state index is -0.840. The van der Waals surface area contributed by atoms with Gasteiger partial charge in [-0.1, -0.05) is 226 Å². The number of rotatable bonds is 50. The van der Waals surface area contributed by atoms with Gasteiger partial charge in [-0.15, -0.1) is 0 Å². The van der Waals surface area contributed by atoms with Gasteiger partial charge in [0.05, 0.1) is 0 Å². The molecule has 1 atom stereocenters. The van der Waals surface area contributed by atoms with Crippen molar-refractivity contribution in [3.63, 3.8) is 0 Å². The average Bonchev–Trinajstić information content (AvgIpc) is 3.35. The molecule has 0 heterocycles. The zero-order valence-corrected chi connectivity index (χ0v) is 44.8. The van der Waals surface area contributed by atoms with Gasteiger partial charge in [0.2, 0.25) is 0 Å². The van der Waals surface area contributed by atoms with E-state index in [1.54, 1.807) is 0 Å². The maximum Gasteiger partial charge on any atom is 0.306 e. The molecule has 0 spiro atoms. The monoisotopic (exact) mass is 957 g/mol. The SMILES string of the molecule is CCCCC/C=C\C/C=C\C/C=C\C/C=C\C/C=C\CCC(=O)OC[C@H](COC(=O)CCCCCCC/C=C\CCCCCCCC)OC(=O)CCC/C=C\C/C=C\C/C=C\CCCCCCCC.